The molecule has 22 heavy (non-hydrogen) atoms. The van der Waals surface area contributed by atoms with E-state index in [1.54, 1.807) is 0 Å². The highest BCUT2D eigenvalue weighted by Crippen LogP contribution is 2.24. The predicted octanol–water partition coefficient (Wildman–Crippen LogP) is 1.56. The van der Waals surface area contributed by atoms with E-state index in [2.05, 4.69) is 22.0 Å². The van der Waals surface area contributed by atoms with E-state index in [-0.39, 0.29) is 12.0 Å². The summed E-state index contributed by atoms with van der Waals surface area (Å²) in [4.78, 5) is 21.4. The number of anilines is 1. The first-order chi connectivity index (χ1) is 10.6. The summed E-state index contributed by atoms with van der Waals surface area (Å²) in [6.07, 6.45) is 5.82. The van der Waals surface area contributed by atoms with Gasteiger partial charge in [-0.3, -0.25) is 4.79 Å². The van der Waals surface area contributed by atoms with Crippen LogP contribution >= 0.6 is 0 Å². The van der Waals surface area contributed by atoms with Crippen LogP contribution in [0.3, 0.4) is 0 Å². The number of amides is 1. The molecule has 5 heteroatoms. The molecule has 1 aromatic heterocycles. The van der Waals surface area contributed by atoms with E-state index in [1.165, 1.54) is 5.56 Å². The molecule has 1 aromatic rings. The smallest absolute Gasteiger partial charge is 0.225 e. The molecule has 2 saturated heterocycles. The molecule has 3 rings (SSSR count). The lowest BCUT2D eigenvalue weighted by molar-refractivity contribution is -0.137. The summed E-state index contributed by atoms with van der Waals surface area (Å²) in [6, 6.07) is 4.32. The van der Waals surface area contributed by atoms with Gasteiger partial charge in [-0.1, -0.05) is 6.07 Å². The van der Waals surface area contributed by atoms with Crippen LogP contribution < -0.4 is 10.6 Å². The van der Waals surface area contributed by atoms with Crippen molar-refractivity contribution in [2.45, 2.75) is 38.6 Å². The number of hydrogen-bond acceptors (Lipinski definition) is 4. The Bertz CT molecular complexity index is 508. The van der Waals surface area contributed by atoms with Crippen molar-refractivity contribution in [3.8, 4) is 0 Å². The van der Waals surface area contributed by atoms with Crippen LogP contribution in [0, 0.1) is 12.8 Å². The highest BCUT2D eigenvalue weighted by Gasteiger charge is 2.30. The zero-order chi connectivity index (χ0) is 15.5. The van der Waals surface area contributed by atoms with Crippen molar-refractivity contribution >= 4 is 11.7 Å². The van der Waals surface area contributed by atoms with Crippen LogP contribution in [0.25, 0.3) is 0 Å². The maximum Gasteiger partial charge on any atom is 0.225 e. The molecule has 0 saturated carbocycles. The fourth-order valence-electron chi connectivity index (χ4n) is 3.47. The number of aromatic nitrogens is 1. The minimum absolute atomic E-state index is 0.159. The summed E-state index contributed by atoms with van der Waals surface area (Å²) in [5, 5.41) is 0. The number of carbonyl (C=O) groups excluding carboxylic acids is 1. The first-order valence-electron chi connectivity index (χ1n) is 8.35. The molecule has 2 aliphatic rings. The normalized spacial score (nSPS) is 23.6. The van der Waals surface area contributed by atoms with Gasteiger partial charge >= 0.3 is 0 Å². The second-order valence-corrected chi connectivity index (χ2v) is 6.64. The zero-order valence-electron chi connectivity index (χ0n) is 13.4. The van der Waals surface area contributed by atoms with Gasteiger partial charge in [-0.25, -0.2) is 4.98 Å². The number of hydrogen-bond donors (Lipinski definition) is 1. The van der Waals surface area contributed by atoms with Gasteiger partial charge in [0.15, 0.2) is 0 Å². The van der Waals surface area contributed by atoms with E-state index in [0.717, 1.165) is 57.7 Å². The van der Waals surface area contributed by atoms with E-state index in [0.29, 0.717) is 5.91 Å². The highest BCUT2D eigenvalue weighted by atomic mass is 16.2. The number of aryl methyl sites for hydroxylation is 1. The summed E-state index contributed by atoms with van der Waals surface area (Å²) in [6.45, 7) is 5.48. The lowest BCUT2D eigenvalue weighted by Crippen LogP contribution is -2.49. The fourth-order valence-corrected chi connectivity index (χ4v) is 3.47. The molecule has 0 aliphatic carbocycles. The van der Waals surface area contributed by atoms with Gasteiger partial charge in [0.1, 0.15) is 5.82 Å². The Morgan fingerprint density at radius 3 is 2.64 bits per heavy atom. The number of piperidine rings is 2. The van der Waals surface area contributed by atoms with Crippen molar-refractivity contribution in [1.82, 2.24) is 9.88 Å². The zero-order valence-corrected chi connectivity index (χ0v) is 13.4. The van der Waals surface area contributed by atoms with Gasteiger partial charge < -0.3 is 15.5 Å². The Morgan fingerprint density at radius 2 is 2.00 bits per heavy atom. The summed E-state index contributed by atoms with van der Waals surface area (Å²) < 4.78 is 0. The van der Waals surface area contributed by atoms with Crippen LogP contribution in [-0.2, 0) is 4.79 Å². The summed E-state index contributed by atoms with van der Waals surface area (Å²) >= 11 is 0. The Morgan fingerprint density at radius 1 is 1.23 bits per heavy atom. The van der Waals surface area contributed by atoms with Crippen molar-refractivity contribution in [3.05, 3.63) is 23.9 Å². The number of rotatable bonds is 2. The van der Waals surface area contributed by atoms with Crippen LogP contribution in [0.15, 0.2) is 18.3 Å². The quantitative estimate of drug-likeness (QED) is 0.900. The SMILES string of the molecule is Cc1ccc(N2CCC(C(=O)N3CCC[C@@H](N)C3)CC2)nc1. The molecule has 0 aromatic carbocycles. The van der Waals surface area contributed by atoms with Gasteiger partial charge in [0.2, 0.25) is 5.91 Å². The minimum atomic E-state index is 0.159. The first-order valence-corrected chi connectivity index (χ1v) is 8.35. The van der Waals surface area contributed by atoms with Gasteiger partial charge in [0, 0.05) is 44.3 Å². The second kappa shape index (κ2) is 6.65. The van der Waals surface area contributed by atoms with Gasteiger partial charge in [-0.2, -0.15) is 0 Å². The van der Waals surface area contributed by atoms with Crippen molar-refractivity contribution < 1.29 is 4.79 Å². The summed E-state index contributed by atoms with van der Waals surface area (Å²) in [7, 11) is 0. The Hall–Kier alpha value is -1.62. The maximum absolute atomic E-state index is 12.6. The number of nitrogens with two attached hydrogens (primary N) is 1. The van der Waals surface area contributed by atoms with Crippen molar-refractivity contribution in [3.63, 3.8) is 0 Å². The maximum atomic E-state index is 12.6. The van der Waals surface area contributed by atoms with E-state index >= 15 is 0 Å². The number of carbonyl (C=O) groups is 1. The molecule has 3 heterocycles. The van der Waals surface area contributed by atoms with Crippen LogP contribution in [0.2, 0.25) is 0 Å². The predicted molar refractivity (Wildman–Crippen MR) is 87.7 cm³/mol. The number of likely N-dealkylation sites (tertiary alicyclic amines) is 1. The Labute approximate surface area is 132 Å². The lowest BCUT2D eigenvalue weighted by atomic mass is 9.94. The first kappa shape index (κ1) is 15.3. The molecule has 0 radical (unpaired) electrons. The topological polar surface area (TPSA) is 62.5 Å². The van der Waals surface area contributed by atoms with Gasteiger partial charge in [0.25, 0.3) is 0 Å². The Balaban J connectivity index is 1.55. The second-order valence-electron chi connectivity index (χ2n) is 6.64. The third-order valence-electron chi connectivity index (χ3n) is 4.83. The molecule has 2 aliphatic heterocycles. The third-order valence-corrected chi connectivity index (χ3v) is 4.83. The van der Waals surface area contributed by atoms with E-state index in [4.69, 9.17) is 5.73 Å². The third kappa shape index (κ3) is 3.40. The fraction of sp³-hybridized carbons (Fsp3) is 0.647. The largest absolute Gasteiger partial charge is 0.357 e. The van der Waals surface area contributed by atoms with Crippen LogP contribution in [0.1, 0.15) is 31.2 Å². The molecular weight excluding hydrogens is 276 g/mol. The van der Waals surface area contributed by atoms with Crippen LogP contribution in [-0.4, -0.2) is 48.0 Å². The monoisotopic (exact) mass is 302 g/mol. The van der Waals surface area contributed by atoms with Crippen molar-refractivity contribution in [2.24, 2.45) is 11.7 Å². The molecule has 1 atom stereocenters. The molecule has 2 fully saturated rings. The summed E-state index contributed by atoms with van der Waals surface area (Å²) in [5.74, 6) is 1.50. The Kier molecular flexibility index (Phi) is 4.62. The molecule has 120 valence electrons. The molecule has 1 amide bonds. The van der Waals surface area contributed by atoms with E-state index in [1.807, 2.05) is 18.0 Å². The van der Waals surface area contributed by atoms with Gasteiger partial charge in [-0.05, 0) is 44.2 Å². The molecule has 0 bridgehead atoms. The highest BCUT2D eigenvalue weighted by molar-refractivity contribution is 5.79. The molecule has 0 unspecified atom stereocenters. The average molecular weight is 302 g/mol. The molecule has 5 nitrogen and oxygen atoms in total. The van der Waals surface area contributed by atoms with Crippen molar-refractivity contribution in [2.75, 3.05) is 31.1 Å². The molecular formula is C17H26N4O. The molecule has 2 N–H and O–H groups in total. The lowest BCUT2D eigenvalue weighted by Gasteiger charge is -2.37. The standard InChI is InChI=1S/C17H26N4O/c1-13-4-5-16(19-11-13)20-9-6-14(7-10-20)17(22)21-8-2-3-15(18)12-21/h4-5,11,14-15H,2-3,6-10,12,18H2,1H3/t15-/m1/s1. The minimum Gasteiger partial charge on any atom is -0.357 e. The van der Waals surface area contributed by atoms with E-state index < -0.39 is 0 Å². The molecule has 0 spiro atoms. The average Bonchev–Trinajstić information content (AvgIpc) is 2.55. The van der Waals surface area contributed by atoms with Gasteiger partial charge in [0.05, 0.1) is 0 Å². The van der Waals surface area contributed by atoms with E-state index in [9.17, 15) is 4.79 Å². The summed E-state index contributed by atoms with van der Waals surface area (Å²) in [5.41, 5.74) is 7.17. The van der Waals surface area contributed by atoms with Crippen LogP contribution in [0.4, 0.5) is 5.82 Å². The van der Waals surface area contributed by atoms with Crippen molar-refractivity contribution in [1.29, 1.82) is 0 Å². The number of pyridine rings is 1. The van der Waals surface area contributed by atoms with Gasteiger partial charge in [-0.15, -0.1) is 0 Å². The van der Waals surface area contributed by atoms with Crippen LogP contribution in [0.5, 0.6) is 0 Å². The number of nitrogens with zero attached hydrogens (tertiary/aromatic N) is 3.